The summed E-state index contributed by atoms with van der Waals surface area (Å²) in [6.45, 7) is 2.87. The van der Waals surface area contributed by atoms with Crippen molar-refractivity contribution in [2.75, 3.05) is 5.88 Å². The van der Waals surface area contributed by atoms with Gasteiger partial charge in [0, 0.05) is 0 Å². The van der Waals surface area contributed by atoms with E-state index >= 15 is 0 Å². The summed E-state index contributed by atoms with van der Waals surface area (Å²) in [6, 6.07) is 0. The average Bonchev–Trinajstić information content (AvgIpc) is 2.02. The van der Waals surface area contributed by atoms with Gasteiger partial charge in [0.1, 0.15) is 0 Å². The number of halogens is 1. The van der Waals surface area contributed by atoms with Gasteiger partial charge in [0.2, 0.25) is 0 Å². The second-order valence-electron chi connectivity index (χ2n) is 2.60. The number of nitrogens with one attached hydrogen (secondary N) is 1. The molecule has 0 radical (unpaired) electrons. The minimum Gasteiger partial charge on any atom is -0.435 e. The predicted molar refractivity (Wildman–Crippen MR) is 43.6 cm³/mol. The molecular weight excluding hydrogens is 184 g/mol. The third-order valence-electron chi connectivity index (χ3n) is 1.26. The highest BCUT2D eigenvalue weighted by atomic mass is 35.5. The molecule has 0 saturated carbocycles. The Bertz CT molecular complexity index is 193. The SMILES string of the molecule is CC(C)(OC(=O)NN)C(=O)CCl. The molecule has 0 atom stereocenters. The second kappa shape index (κ2) is 4.27. The molecule has 0 aromatic heterocycles. The molecule has 0 aliphatic rings. The van der Waals surface area contributed by atoms with Crippen molar-refractivity contribution in [2.45, 2.75) is 19.4 Å². The molecule has 0 aliphatic heterocycles. The number of Topliss-reactive ketones (excluding diaryl/α,β-unsaturated/α-hetero) is 1. The van der Waals surface area contributed by atoms with Crippen LogP contribution in [0.2, 0.25) is 0 Å². The molecule has 0 rings (SSSR count). The molecule has 12 heavy (non-hydrogen) atoms. The summed E-state index contributed by atoms with van der Waals surface area (Å²) < 4.78 is 4.63. The minimum atomic E-state index is -1.23. The number of ketones is 1. The number of hydrazine groups is 1. The van der Waals surface area contributed by atoms with Crippen molar-refractivity contribution in [3.05, 3.63) is 0 Å². The van der Waals surface area contributed by atoms with Crippen LogP contribution in [0.15, 0.2) is 0 Å². The van der Waals surface area contributed by atoms with Gasteiger partial charge >= 0.3 is 6.09 Å². The first-order valence-corrected chi connectivity index (χ1v) is 3.76. The van der Waals surface area contributed by atoms with Crippen molar-refractivity contribution < 1.29 is 14.3 Å². The summed E-state index contributed by atoms with van der Waals surface area (Å²) in [5.41, 5.74) is 0.513. The number of alkyl halides is 1. The van der Waals surface area contributed by atoms with Crippen molar-refractivity contribution in [2.24, 2.45) is 5.84 Å². The van der Waals surface area contributed by atoms with E-state index in [0.717, 1.165) is 0 Å². The van der Waals surface area contributed by atoms with Crippen LogP contribution in [-0.4, -0.2) is 23.4 Å². The van der Waals surface area contributed by atoms with E-state index in [-0.39, 0.29) is 11.7 Å². The minimum absolute atomic E-state index is 0.204. The first kappa shape index (κ1) is 11.2. The average molecular weight is 195 g/mol. The Morgan fingerprint density at radius 3 is 2.42 bits per heavy atom. The van der Waals surface area contributed by atoms with Crippen LogP contribution in [0.5, 0.6) is 0 Å². The fourth-order valence-corrected chi connectivity index (χ4v) is 0.801. The molecule has 5 nitrogen and oxygen atoms in total. The monoisotopic (exact) mass is 194 g/mol. The van der Waals surface area contributed by atoms with Gasteiger partial charge in [0.05, 0.1) is 5.88 Å². The number of rotatable bonds is 3. The standard InChI is InChI=1S/C6H11ClN2O3/c1-6(2,4(10)3-7)12-5(11)9-8/h3,8H2,1-2H3,(H,9,11). The highest BCUT2D eigenvalue weighted by Gasteiger charge is 2.30. The molecule has 0 aromatic rings. The zero-order chi connectivity index (χ0) is 9.78. The Hall–Kier alpha value is -0.810. The van der Waals surface area contributed by atoms with Crippen molar-refractivity contribution >= 4 is 23.5 Å². The third-order valence-corrected chi connectivity index (χ3v) is 1.50. The molecule has 3 N–H and O–H groups in total. The lowest BCUT2D eigenvalue weighted by molar-refractivity contribution is -0.131. The van der Waals surface area contributed by atoms with E-state index < -0.39 is 11.7 Å². The molecule has 0 unspecified atom stereocenters. The Balaban J connectivity index is 4.21. The molecule has 0 spiro atoms. The van der Waals surface area contributed by atoms with E-state index in [1.165, 1.54) is 13.8 Å². The number of amides is 1. The Morgan fingerprint density at radius 2 is 2.08 bits per heavy atom. The van der Waals surface area contributed by atoms with Gasteiger partial charge < -0.3 is 4.74 Å². The lowest BCUT2D eigenvalue weighted by Crippen LogP contribution is -2.43. The van der Waals surface area contributed by atoms with Gasteiger partial charge in [-0.05, 0) is 13.8 Å². The molecule has 0 bridgehead atoms. The maximum absolute atomic E-state index is 11.0. The van der Waals surface area contributed by atoms with Gasteiger partial charge in [-0.15, -0.1) is 11.6 Å². The molecule has 0 aliphatic carbocycles. The number of hydrogen-bond acceptors (Lipinski definition) is 4. The topological polar surface area (TPSA) is 81.4 Å². The smallest absolute Gasteiger partial charge is 0.422 e. The quantitative estimate of drug-likeness (QED) is 0.291. The van der Waals surface area contributed by atoms with E-state index in [4.69, 9.17) is 17.4 Å². The lowest BCUT2D eigenvalue weighted by atomic mass is 10.1. The van der Waals surface area contributed by atoms with Gasteiger partial charge in [-0.1, -0.05) is 0 Å². The van der Waals surface area contributed by atoms with E-state index in [9.17, 15) is 9.59 Å². The molecule has 70 valence electrons. The zero-order valence-electron chi connectivity index (χ0n) is 6.89. The van der Waals surface area contributed by atoms with Crippen LogP contribution >= 0.6 is 11.6 Å². The normalized spacial score (nSPS) is 10.7. The summed E-state index contributed by atoms with van der Waals surface area (Å²) in [4.78, 5) is 21.6. The first-order valence-electron chi connectivity index (χ1n) is 3.23. The zero-order valence-corrected chi connectivity index (χ0v) is 7.64. The van der Waals surface area contributed by atoms with Gasteiger partial charge in [0.25, 0.3) is 0 Å². The van der Waals surface area contributed by atoms with Crippen LogP contribution in [0.1, 0.15) is 13.8 Å². The predicted octanol–water partition coefficient (Wildman–Crippen LogP) is 0.173. The van der Waals surface area contributed by atoms with E-state index in [1.54, 1.807) is 5.43 Å². The molecule has 0 heterocycles. The molecule has 0 aromatic carbocycles. The third kappa shape index (κ3) is 3.06. The Labute approximate surface area is 75.2 Å². The fraction of sp³-hybridized carbons (Fsp3) is 0.667. The van der Waals surface area contributed by atoms with Crippen LogP contribution in [0.4, 0.5) is 4.79 Å². The van der Waals surface area contributed by atoms with Crippen molar-refractivity contribution in [3.63, 3.8) is 0 Å². The van der Waals surface area contributed by atoms with E-state index in [2.05, 4.69) is 4.74 Å². The number of ether oxygens (including phenoxy) is 1. The van der Waals surface area contributed by atoms with Gasteiger partial charge in [0.15, 0.2) is 11.4 Å². The van der Waals surface area contributed by atoms with Crippen molar-refractivity contribution in [1.29, 1.82) is 0 Å². The van der Waals surface area contributed by atoms with Crippen LogP contribution in [-0.2, 0) is 9.53 Å². The fourth-order valence-electron chi connectivity index (χ4n) is 0.479. The van der Waals surface area contributed by atoms with Crippen LogP contribution in [0, 0.1) is 0 Å². The molecule has 0 saturated heterocycles. The molecule has 1 amide bonds. The van der Waals surface area contributed by atoms with Crippen molar-refractivity contribution in [1.82, 2.24) is 5.43 Å². The summed E-state index contributed by atoms with van der Waals surface area (Å²) in [7, 11) is 0. The van der Waals surface area contributed by atoms with Gasteiger partial charge in [-0.2, -0.15) is 0 Å². The summed E-state index contributed by atoms with van der Waals surface area (Å²) >= 11 is 5.27. The Kier molecular flexibility index (Phi) is 3.99. The molecular formula is C6H11ClN2O3. The number of carbonyl (C=O) groups is 2. The van der Waals surface area contributed by atoms with Crippen LogP contribution in [0.3, 0.4) is 0 Å². The second-order valence-corrected chi connectivity index (χ2v) is 2.87. The molecule has 6 heteroatoms. The number of carbonyl (C=O) groups excluding carboxylic acids is 2. The first-order chi connectivity index (χ1) is 5.44. The van der Waals surface area contributed by atoms with E-state index in [0.29, 0.717) is 0 Å². The highest BCUT2D eigenvalue weighted by Crippen LogP contribution is 2.11. The maximum Gasteiger partial charge on any atom is 0.422 e. The number of hydrogen-bond donors (Lipinski definition) is 2. The summed E-state index contributed by atoms with van der Waals surface area (Å²) in [5.74, 6) is 4.17. The Morgan fingerprint density at radius 1 is 1.58 bits per heavy atom. The summed E-state index contributed by atoms with van der Waals surface area (Å²) in [5, 5.41) is 0. The number of nitrogens with two attached hydrogens (primary N) is 1. The van der Waals surface area contributed by atoms with E-state index in [1.807, 2.05) is 0 Å². The van der Waals surface area contributed by atoms with Crippen LogP contribution < -0.4 is 11.3 Å². The van der Waals surface area contributed by atoms with Gasteiger partial charge in [-0.3, -0.25) is 10.2 Å². The highest BCUT2D eigenvalue weighted by molar-refractivity contribution is 6.28. The molecule has 0 fully saturated rings. The van der Waals surface area contributed by atoms with Gasteiger partial charge in [-0.25, -0.2) is 10.6 Å². The maximum atomic E-state index is 11.0. The van der Waals surface area contributed by atoms with Crippen molar-refractivity contribution in [3.8, 4) is 0 Å². The summed E-state index contributed by atoms with van der Waals surface area (Å²) in [6.07, 6.45) is -0.863. The lowest BCUT2D eigenvalue weighted by Gasteiger charge is -2.21. The largest absolute Gasteiger partial charge is 0.435 e. The van der Waals surface area contributed by atoms with Crippen LogP contribution in [0.25, 0.3) is 0 Å².